The number of nitrogens with two attached hydrogens (primary N) is 1. The van der Waals surface area contributed by atoms with E-state index in [2.05, 4.69) is 21.2 Å². The lowest BCUT2D eigenvalue weighted by atomic mass is 9.84. The van der Waals surface area contributed by atoms with Crippen molar-refractivity contribution in [2.75, 3.05) is 13.7 Å². The molecule has 0 aliphatic heterocycles. The summed E-state index contributed by atoms with van der Waals surface area (Å²) in [6.07, 6.45) is 0. The van der Waals surface area contributed by atoms with E-state index in [1.54, 1.807) is 7.11 Å². The van der Waals surface area contributed by atoms with Crippen molar-refractivity contribution < 1.29 is 9.53 Å². The van der Waals surface area contributed by atoms with Crippen LogP contribution in [0, 0.1) is 0 Å². The van der Waals surface area contributed by atoms with Crippen LogP contribution in [0.5, 0.6) is 5.75 Å². The standard InChI is InChI=1S/C12H18BrN3O2/c1-12(2,7-15-11(17)16-14)8-4-5-10(18-3)9(13)6-8/h4-6H,7,14H2,1-3H3,(H2,15,16,17). The fourth-order valence-electron chi connectivity index (χ4n) is 1.54. The van der Waals surface area contributed by atoms with Crippen LogP contribution in [-0.2, 0) is 5.41 Å². The van der Waals surface area contributed by atoms with E-state index >= 15 is 0 Å². The van der Waals surface area contributed by atoms with Gasteiger partial charge in [0.05, 0.1) is 11.6 Å². The van der Waals surface area contributed by atoms with Gasteiger partial charge in [0, 0.05) is 12.0 Å². The van der Waals surface area contributed by atoms with Gasteiger partial charge in [0.2, 0.25) is 0 Å². The lowest BCUT2D eigenvalue weighted by Gasteiger charge is -2.26. The molecule has 1 aromatic carbocycles. The number of ether oxygens (including phenoxy) is 1. The smallest absolute Gasteiger partial charge is 0.328 e. The second-order valence-electron chi connectivity index (χ2n) is 4.56. The molecule has 0 aliphatic carbocycles. The van der Waals surface area contributed by atoms with Gasteiger partial charge in [-0.15, -0.1) is 0 Å². The van der Waals surface area contributed by atoms with Gasteiger partial charge in [0.15, 0.2) is 0 Å². The molecule has 0 radical (unpaired) electrons. The third-order valence-electron chi connectivity index (χ3n) is 2.76. The second kappa shape index (κ2) is 6.06. The Kier molecular flexibility index (Phi) is 4.98. The van der Waals surface area contributed by atoms with Crippen LogP contribution in [0.25, 0.3) is 0 Å². The first-order valence-corrected chi connectivity index (χ1v) is 6.28. The van der Waals surface area contributed by atoms with E-state index in [1.165, 1.54) is 0 Å². The number of rotatable bonds is 4. The fraction of sp³-hybridized carbons (Fsp3) is 0.417. The summed E-state index contributed by atoms with van der Waals surface area (Å²) in [5.74, 6) is 5.80. The molecule has 0 heterocycles. The van der Waals surface area contributed by atoms with Crippen molar-refractivity contribution in [1.82, 2.24) is 10.7 Å². The maximum atomic E-state index is 11.1. The van der Waals surface area contributed by atoms with Crippen molar-refractivity contribution in [2.45, 2.75) is 19.3 Å². The van der Waals surface area contributed by atoms with Crippen LogP contribution >= 0.6 is 15.9 Å². The summed E-state index contributed by atoms with van der Waals surface area (Å²) in [5, 5.41) is 2.70. The lowest BCUT2D eigenvalue weighted by Crippen LogP contribution is -2.44. The van der Waals surface area contributed by atoms with E-state index in [1.807, 2.05) is 37.5 Å². The SMILES string of the molecule is COc1ccc(C(C)(C)CNC(=O)NN)cc1Br. The molecule has 1 rings (SSSR count). The fourth-order valence-corrected chi connectivity index (χ4v) is 2.08. The molecule has 2 amide bonds. The number of benzene rings is 1. The van der Waals surface area contributed by atoms with Crippen LogP contribution in [0.3, 0.4) is 0 Å². The minimum absolute atomic E-state index is 0.207. The Morgan fingerprint density at radius 1 is 1.50 bits per heavy atom. The molecule has 0 aliphatic rings. The Labute approximate surface area is 115 Å². The summed E-state index contributed by atoms with van der Waals surface area (Å²) in [5.41, 5.74) is 2.92. The summed E-state index contributed by atoms with van der Waals surface area (Å²) in [6.45, 7) is 4.56. The monoisotopic (exact) mass is 315 g/mol. The first kappa shape index (κ1) is 14.8. The van der Waals surface area contributed by atoms with E-state index in [-0.39, 0.29) is 5.41 Å². The topological polar surface area (TPSA) is 76.4 Å². The van der Waals surface area contributed by atoms with Gasteiger partial charge in [0.25, 0.3) is 0 Å². The van der Waals surface area contributed by atoms with Crippen molar-refractivity contribution >= 4 is 22.0 Å². The van der Waals surface area contributed by atoms with Gasteiger partial charge in [-0.2, -0.15) is 0 Å². The van der Waals surface area contributed by atoms with Crippen molar-refractivity contribution in [3.05, 3.63) is 28.2 Å². The molecule has 0 aromatic heterocycles. The van der Waals surface area contributed by atoms with Crippen molar-refractivity contribution in [1.29, 1.82) is 0 Å². The number of nitrogens with one attached hydrogen (secondary N) is 2. The molecule has 5 nitrogen and oxygen atoms in total. The highest BCUT2D eigenvalue weighted by Crippen LogP contribution is 2.31. The molecule has 4 N–H and O–H groups in total. The van der Waals surface area contributed by atoms with Crippen molar-refractivity contribution in [3.8, 4) is 5.75 Å². The number of carbonyl (C=O) groups excluding carboxylic acids is 1. The molecular formula is C12H18BrN3O2. The zero-order valence-electron chi connectivity index (χ0n) is 10.7. The molecule has 0 atom stereocenters. The number of hydrogen-bond donors (Lipinski definition) is 3. The van der Waals surface area contributed by atoms with Gasteiger partial charge in [-0.05, 0) is 33.6 Å². The van der Waals surface area contributed by atoms with Crippen LogP contribution in [0.15, 0.2) is 22.7 Å². The summed E-state index contributed by atoms with van der Waals surface area (Å²) >= 11 is 3.45. The molecule has 0 saturated carbocycles. The van der Waals surface area contributed by atoms with Crippen LogP contribution in [-0.4, -0.2) is 19.7 Å². The Bertz CT molecular complexity index is 435. The molecule has 0 spiro atoms. The first-order valence-electron chi connectivity index (χ1n) is 5.49. The van der Waals surface area contributed by atoms with Gasteiger partial charge in [-0.1, -0.05) is 19.9 Å². The highest BCUT2D eigenvalue weighted by molar-refractivity contribution is 9.10. The molecule has 0 unspecified atom stereocenters. The Morgan fingerprint density at radius 2 is 2.17 bits per heavy atom. The molecular weight excluding hydrogens is 298 g/mol. The molecule has 1 aromatic rings. The predicted molar refractivity (Wildman–Crippen MR) is 74.4 cm³/mol. The van der Waals surface area contributed by atoms with E-state index < -0.39 is 6.03 Å². The molecule has 18 heavy (non-hydrogen) atoms. The molecule has 0 fully saturated rings. The quantitative estimate of drug-likeness (QED) is 0.451. The van der Waals surface area contributed by atoms with Crippen LogP contribution in [0.1, 0.15) is 19.4 Å². The van der Waals surface area contributed by atoms with E-state index in [4.69, 9.17) is 10.6 Å². The second-order valence-corrected chi connectivity index (χ2v) is 5.41. The number of urea groups is 1. The molecule has 0 saturated heterocycles. The van der Waals surface area contributed by atoms with Gasteiger partial charge in [-0.3, -0.25) is 5.43 Å². The van der Waals surface area contributed by atoms with Gasteiger partial charge in [0.1, 0.15) is 5.75 Å². The van der Waals surface area contributed by atoms with Gasteiger partial charge < -0.3 is 10.1 Å². The van der Waals surface area contributed by atoms with Gasteiger partial charge >= 0.3 is 6.03 Å². The number of halogens is 1. The average molecular weight is 316 g/mol. The number of hydrogen-bond acceptors (Lipinski definition) is 3. The molecule has 6 heteroatoms. The Morgan fingerprint density at radius 3 is 2.67 bits per heavy atom. The third-order valence-corrected chi connectivity index (χ3v) is 3.37. The largest absolute Gasteiger partial charge is 0.496 e. The Balaban J connectivity index is 2.84. The summed E-state index contributed by atoms with van der Waals surface area (Å²) in [4.78, 5) is 11.1. The Hall–Kier alpha value is -1.27. The van der Waals surface area contributed by atoms with Crippen LogP contribution in [0.4, 0.5) is 4.79 Å². The number of amides is 2. The predicted octanol–water partition coefficient (Wildman–Crippen LogP) is 1.91. The minimum Gasteiger partial charge on any atom is -0.496 e. The number of carbonyl (C=O) groups is 1. The highest BCUT2D eigenvalue weighted by atomic mass is 79.9. The van der Waals surface area contributed by atoms with Gasteiger partial charge in [-0.25, -0.2) is 10.6 Å². The maximum Gasteiger partial charge on any atom is 0.328 e. The summed E-state index contributed by atoms with van der Waals surface area (Å²) in [6, 6.07) is 5.46. The zero-order chi connectivity index (χ0) is 13.8. The normalized spacial score (nSPS) is 10.9. The number of methoxy groups -OCH3 is 1. The summed E-state index contributed by atoms with van der Waals surface area (Å²) < 4.78 is 6.07. The zero-order valence-corrected chi connectivity index (χ0v) is 12.3. The highest BCUT2D eigenvalue weighted by Gasteiger charge is 2.22. The van der Waals surface area contributed by atoms with Crippen molar-refractivity contribution in [2.24, 2.45) is 5.84 Å². The van der Waals surface area contributed by atoms with Crippen LogP contribution < -0.4 is 21.3 Å². The van der Waals surface area contributed by atoms with E-state index in [0.717, 1.165) is 15.8 Å². The van der Waals surface area contributed by atoms with Crippen LogP contribution in [0.2, 0.25) is 0 Å². The lowest BCUT2D eigenvalue weighted by molar-refractivity contribution is 0.238. The molecule has 100 valence electrons. The van der Waals surface area contributed by atoms with Crippen molar-refractivity contribution in [3.63, 3.8) is 0 Å². The van der Waals surface area contributed by atoms with E-state index in [0.29, 0.717) is 6.54 Å². The van der Waals surface area contributed by atoms with E-state index in [9.17, 15) is 4.79 Å². The molecule has 0 bridgehead atoms. The number of hydrazine groups is 1. The minimum atomic E-state index is -0.393. The maximum absolute atomic E-state index is 11.1. The summed E-state index contributed by atoms with van der Waals surface area (Å²) in [7, 11) is 1.62. The first-order chi connectivity index (χ1) is 8.40. The third kappa shape index (κ3) is 3.61. The average Bonchev–Trinajstić information content (AvgIpc) is 2.35.